The lowest BCUT2D eigenvalue weighted by Gasteiger charge is -2.00. The first-order valence-electron chi connectivity index (χ1n) is 3.50. The smallest absolute Gasteiger partial charge is 0.338 e. The number of phenols is 1. The number of esters is 1. The molecule has 0 saturated carbocycles. The third-order valence-corrected chi connectivity index (χ3v) is 1.47. The van der Waals surface area contributed by atoms with Crippen LogP contribution >= 0.6 is 0 Å². The molecule has 13 heavy (non-hydrogen) atoms. The molecule has 0 aliphatic heterocycles. The third-order valence-electron chi connectivity index (χ3n) is 1.47. The van der Waals surface area contributed by atoms with E-state index >= 15 is 0 Å². The zero-order chi connectivity index (χ0) is 9.84. The van der Waals surface area contributed by atoms with Gasteiger partial charge in [0.2, 0.25) is 0 Å². The number of benzene rings is 1. The third kappa shape index (κ3) is 1.97. The van der Waals surface area contributed by atoms with Crippen LogP contribution in [0.25, 0.3) is 0 Å². The van der Waals surface area contributed by atoms with E-state index in [2.05, 4.69) is 4.74 Å². The Morgan fingerprint density at radius 1 is 1.54 bits per heavy atom. The largest absolute Gasteiger partial charge is 0.508 e. The summed E-state index contributed by atoms with van der Waals surface area (Å²) in [4.78, 5) is 11.0. The number of hydrogen-bond donors (Lipinski definition) is 1. The summed E-state index contributed by atoms with van der Waals surface area (Å²) in [7, 11) is 1.23. The number of phenolic OH excluding ortho intramolecular Hbond substituents is 1. The summed E-state index contributed by atoms with van der Waals surface area (Å²) in [6.07, 6.45) is 0. The molecule has 1 rings (SSSR count). The second-order valence-corrected chi connectivity index (χ2v) is 2.37. The highest BCUT2D eigenvalue weighted by Gasteiger charge is 2.07. The van der Waals surface area contributed by atoms with Gasteiger partial charge in [-0.05, 0) is 18.2 Å². The number of aromatic hydroxyl groups is 1. The molecule has 1 aromatic rings. The van der Waals surface area contributed by atoms with Crippen LogP contribution in [0.1, 0.15) is 15.9 Å². The highest BCUT2D eigenvalue weighted by atomic mass is 16.5. The van der Waals surface area contributed by atoms with Gasteiger partial charge < -0.3 is 9.84 Å². The molecule has 0 heterocycles. The molecule has 0 radical (unpaired) electrons. The minimum Gasteiger partial charge on any atom is -0.508 e. The van der Waals surface area contributed by atoms with Crippen molar-refractivity contribution in [2.75, 3.05) is 7.11 Å². The summed E-state index contributed by atoms with van der Waals surface area (Å²) >= 11 is 0. The lowest BCUT2D eigenvalue weighted by molar-refractivity contribution is 0.0600. The molecule has 0 fully saturated rings. The van der Waals surface area contributed by atoms with Crippen LogP contribution in [0.15, 0.2) is 18.2 Å². The topological polar surface area (TPSA) is 70.3 Å². The molecule has 0 amide bonds. The van der Waals surface area contributed by atoms with Crippen LogP contribution in [0, 0.1) is 11.3 Å². The molecule has 0 unspecified atom stereocenters. The van der Waals surface area contributed by atoms with Crippen molar-refractivity contribution in [2.24, 2.45) is 0 Å². The predicted molar refractivity (Wildman–Crippen MR) is 44.2 cm³/mol. The van der Waals surface area contributed by atoms with Crippen molar-refractivity contribution in [2.45, 2.75) is 0 Å². The second-order valence-electron chi connectivity index (χ2n) is 2.37. The summed E-state index contributed by atoms with van der Waals surface area (Å²) < 4.78 is 4.43. The van der Waals surface area contributed by atoms with Crippen LogP contribution in [0.4, 0.5) is 0 Å². The summed E-state index contributed by atoms with van der Waals surface area (Å²) in [5, 5.41) is 17.6. The molecule has 4 heteroatoms. The summed E-state index contributed by atoms with van der Waals surface area (Å²) in [5.41, 5.74) is 0.388. The van der Waals surface area contributed by atoms with Crippen LogP contribution in [-0.2, 0) is 4.74 Å². The van der Waals surface area contributed by atoms with E-state index in [9.17, 15) is 4.79 Å². The van der Waals surface area contributed by atoms with Gasteiger partial charge in [-0.3, -0.25) is 0 Å². The normalized spacial score (nSPS) is 8.92. The number of nitrogens with zero attached hydrogens (tertiary/aromatic N) is 1. The van der Waals surface area contributed by atoms with Crippen molar-refractivity contribution in [3.8, 4) is 11.8 Å². The zero-order valence-corrected chi connectivity index (χ0v) is 6.94. The van der Waals surface area contributed by atoms with Crippen LogP contribution in [-0.4, -0.2) is 18.2 Å². The van der Waals surface area contributed by atoms with Gasteiger partial charge in [0, 0.05) is 0 Å². The van der Waals surface area contributed by atoms with E-state index in [0.717, 1.165) is 0 Å². The van der Waals surface area contributed by atoms with E-state index in [1.807, 2.05) is 6.07 Å². The Kier molecular flexibility index (Phi) is 2.50. The highest BCUT2D eigenvalue weighted by molar-refractivity contribution is 5.90. The average Bonchev–Trinajstić information content (AvgIpc) is 2.15. The fraction of sp³-hybridized carbons (Fsp3) is 0.111. The Labute approximate surface area is 75.0 Å². The number of carbonyl (C=O) groups is 1. The summed E-state index contributed by atoms with van der Waals surface area (Å²) in [5.74, 6) is -0.702. The van der Waals surface area contributed by atoms with E-state index < -0.39 is 5.97 Å². The molecule has 1 N–H and O–H groups in total. The predicted octanol–water partition coefficient (Wildman–Crippen LogP) is 1.05. The highest BCUT2D eigenvalue weighted by Crippen LogP contribution is 2.15. The first-order valence-corrected chi connectivity index (χ1v) is 3.50. The van der Waals surface area contributed by atoms with Crippen LogP contribution < -0.4 is 0 Å². The fourth-order valence-corrected chi connectivity index (χ4v) is 0.911. The van der Waals surface area contributed by atoms with Crippen molar-refractivity contribution in [3.05, 3.63) is 29.3 Å². The van der Waals surface area contributed by atoms with Gasteiger partial charge in [0.1, 0.15) is 5.75 Å². The Bertz CT molecular complexity index is 379. The Morgan fingerprint density at radius 3 is 2.77 bits per heavy atom. The minimum absolute atomic E-state index is 0.126. The van der Waals surface area contributed by atoms with E-state index in [0.29, 0.717) is 0 Å². The van der Waals surface area contributed by atoms with Gasteiger partial charge in [0.25, 0.3) is 0 Å². The molecule has 0 aliphatic rings. The quantitative estimate of drug-likeness (QED) is 0.651. The molecule has 0 atom stereocenters. The van der Waals surface area contributed by atoms with E-state index in [1.54, 1.807) is 0 Å². The van der Waals surface area contributed by atoms with Crippen molar-refractivity contribution in [1.29, 1.82) is 5.26 Å². The number of carbonyl (C=O) groups excluding carboxylic acids is 1. The van der Waals surface area contributed by atoms with E-state index in [-0.39, 0.29) is 16.9 Å². The van der Waals surface area contributed by atoms with Crippen molar-refractivity contribution in [1.82, 2.24) is 0 Å². The Morgan fingerprint density at radius 2 is 2.23 bits per heavy atom. The maximum Gasteiger partial charge on any atom is 0.338 e. The van der Waals surface area contributed by atoms with Gasteiger partial charge in [0.05, 0.1) is 24.3 Å². The Balaban J connectivity index is 3.17. The molecule has 0 aromatic heterocycles. The molecule has 1 aromatic carbocycles. The van der Waals surface area contributed by atoms with Gasteiger partial charge in [-0.15, -0.1) is 0 Å². The number of hydrogen-bond acceptors (Lipinski definition) is 4. The summed E-state index contributed by atoms with van der Waals surface area (Å²) in [6, 6.07) is 5.69. The van der Waals surface area contributed by atoms with Crippen LogP contribution in [0.2, 0.25) is 0 Å². The van der Waals surface area contributed by atoms with E-state index in [4.69, 9.17) is 10.4 Å². The number of ether oxygens (including phenoxy) is 1. The second kappa shape index (κ2) is 3.59. The lowest BCUT2D eigenvalue weighted by atomic mass is 10.1. The number of rotatable bonds is 1. The lowest BCUT2D eigenvalue weighted by Crippen LogP contribution is -2.01. The van der Waals surface area contributed by atoms with Gasteiger partial charge in [0.15, 0.2) is 0 Å². The van der Waals surface area contributed by atoms with Crippen LogP contribution in [0.5, 0.6) is 5.75 Å². The zero-order valence-electron chi connectivity index (χ0n) is 6.94. The molecule has 0 aliphatic carbocycles. The first-order chi connectivity index (χ1) is 6.17. The molecule has 0 saturated heterocycles. The molecule has 4 nitrogen and oxygen atoms in total. The van der Waals surface area contributed by atoms with Crippen molar-refractivity contribution < 1.29 is 14.6 Å². The SMILES string of the molecule is COC(=O)c1cc(O)cc(C#N)c1. The number of methoxy groups -OCH3 is 1. The molecule has 0 spiro atoms. The van der Waals surface area contributed by atoms with Gasteiger partial charge in [-0.2, -0.15) is 5.26 Å². The maximum atomic E-state index is 11.0. The van der Waals surface area contributed by atoms with Gasteiger partial charge in [-0.25, -0.2) is 4.79 Å². The Hall–Kier alpha value is -2.02. The van der Waals surface area contributed by atoms with Crippen molar-refractivity contribution >= 4 is 5.97 Å². The average molecular weight is 177 g/mol. The maximum absolute atomic E-state index is 11.0. The standard InChI is InChI=1S/C9H7NO3/c1-13-9(12)7-2-6(5-10)3-8(11)4-7/h2-4,11H,1H3. The fourth-order valence-electron chi connectivity index (χ4n) is 0.911. The van der Waals surface area contributed by atoms with Gasteiger partial charge in [-0.1, -0.05) is 0 Å². The molecule has 66 valence electrons. The van der Waals surface area contributed by atoms with Crippen molar-refractivity contribution in [3.63, 3.8) is 0 Å². The number of nitriles is 1. The molecular formula is C9H7NO3. The monoisotopic (exact) mass is 177 g/mol. The van der Waals surface area contributed by atoms with Crippen LogP contribution in [0.3, 0.4) is 0 Å². The van der Waals surface area contributed by atoms with E-state index in [1.165, 1.54) is 25.3 Å². The van der Waals surface area contributed by atoms with Gasteiger partial charge >= 0.3 is 5.97 Å². The molecular weight excluding hydrogens is 170 g/mol. The minimum atomic E-state index is -0.576. The molecule has 0 bridgehead atoms. The summed E-state index contributed by atoms with van der Waals surface area (Å²) in [6.45, 7) is 0. The first kappa shape index (κ1) is 9.07.